The SMILES string of the molecule is Cc1ccc(-n2c(C)cc(C=Nc3sc4c(c3C#N)CC[C@@H](C(C)(C)C)C4)c2C)cc1. The second kappa shape index (κ2) is 8.13. The first kappa shape index (κ1) is 21.6. The minimum Gasteiger partial charge on any atom is -0.318 e. The predicted molar refractivity (Wildman–Crippen MR) is 131 cm³/mol. The van der Waals surface area contributed by atoms with Crippen LogP contribution in [-0.2, 0) is 12.8 Å². The Morgan fingerprint density at radius 1 is 1.16 bits per heavy atom. The Hall–Kier alpha value is -2.64. The van der Waals surface area contributed by atoms with E-state index >= 15 is 0 Å². The number of nitrogens with zero attached hydrogens (tertiary/aromatic N) is 3. The van der Waals surface area contributed by atoms with Gasteiger partial charge >= 0.3 is 0 Å². The highest BCUT2D eigenvalue weighted by molar-refractivity contribution is 7.16. The molecule has 3 nitrogen and oxygen atoms in total. The van der Waals surface area contributed by atoms with Gasteiger partial charge in [-0.25, -0.2) is 4.99 Å². The lowest BCUT2D eigenvalue weighted by atomic mass is 9.72. The summed E-state index contributed by atoms with van der Waals surface area (Å²) in [6.45, 7) is 13.3. The van der Waals surface area contributed by atoms with E-state index in [-0.39, 0.29) is 0 Å². The van der Waals surface area contributed by atoms with Crippen molar-refractivity contribution in [1.29, 1.82) is 5.26 Å². The molecule has 0 saturated heterocycles. The van der Waals surface area contributed by atoms with Crippen molar-refractivity contribution in [2.45, 2.75) is 60.8 Å². The maximum absolute atomic E-state index is 9.84. The number of benzene rings is 1. The van der Waals surface area contributed by atoms with Gasteiger partial charge in [-0.05, 0) is 75.1 Å². The average molecular weight is 430 g/mol. The predicted octanol–water partition coefficient (Wildman–Crippen LogP) is 7.24. The molecule has 31 heavy (non-hydrogen) atoms. The summed E-state index contributed by atoms with van der Waals surface area (Å²) in [5.74, 6) is 0.662. The second-order valence-corrected chi connectivity index (χ2v) is 10.9. The fourth-order valence-electron chi connectivity index (χ4n) is 4.65. The molecule has 0 unspecified atom stereocenters. The second-order valence-electron chi connectivity index (χ2n) is 9.86. The Kier molecular flexibility index (Phi) is 5.66. The quantitative estimate of drug-likeness (QED) is 0.405. The number of aromatic nitrogens is 1. The summed E-state index contributed by atoms with van der Waals surface area (Å²) in [6.07, 6.45) is 5.15. The third-order valence-corrected chi connectivity index (χ3v) is 7.83. The maximum atomic E-state index is 9.84. The van der Waals surface area contributed by atoms with Gasteiger partial charge in [-0.3, -0.25) is 0 Å². The number of hydrogen-bond acceptors (Lipinski definition) is 3. The van der Waals surface area contributed by atoms with E-state index in [1.807, 2.05) is 6.21 Å². The summed E-state index contributed by atoms with van der Waals surface area (Å²) in [6, 6.07) is 13.2. The third kappa shape index (κ3) is 4.12. The topological polar surface area (TPSA) is 41.1 Å². The molecule has 0 N–H and O–H groups in total. The zero-order chi connectivity index (χ0) is 22.3. The van der Waals surface area contributed by atoms with Gasteiger partial charge in [0.05, 0.1) is 5.56 Å². The van der Waals surface area contributed by atoms with Crippen LogP contribution >= 0.6 is 11.3 Å². The minimum atomic E-state index is 0.297. The van der Waals surface area contributed by atoms with Crippen molar-refractivity contribution in [1.82, 2.24) is 4.57 Å². The third-order valence-electron chi connectivity index (χ3n) is 6.67. The van der Waals surface area contributed by atoms with E-state index in [9.17, 15) is 5.26 Å². The van der Waals surface area contributed by atoms with Gasteiger partial charge in [-0.15, -0.1) is 11.3 Å². The van der Waals surface area contributed by atoms with Gasteiger partial charge in [-0.1, -0.05) is 38.5 Å². The molecule has 0 bridgehead atoms. The lowest BCUT2D eigenvalue weighted by molar-refractivity contribution is 0.218. The molecule has 1 aliphatic rings. The van der Waals surface area contributed by atoms with Crippen LogP contribution in [0.3, 0.4) is 0 Å². The van der Waals surface area contributed by atoms with Crippen LogP contribution in [0.25, 0.3) is 5.69 Å². The van der Waals surface area contributed by atoms with Gasteiger partial charge in [0.1, 0.15) is 11.1 Å². The highest BCUT2D eigenvalue weighted by atomic mass is 32.1. The van der Waals surface area contributed by atoms with Crippen LogP contribution in [-0.4, -0.2) is 10.8 Å². The summed E-state index contributed by atoms with van der Waals surface area (Å²) >= 11 is 1.71. The van der Waals surface area contributed by atoms with Crippen LogP contribution in [0.2, 0.25) is 0 Å². The molecule has 2 heterocycles. The smallest absolute Gasteiger partial charge is 0.134 e. The number of nitriles is 1. The lowest BCUT2D eigenvalue weighted by Gasteiger charge is -2.33. The van der Waals surface area contributed by atoms with E-state index < -0.39 is 0 Å². The lowest BCUT2D eigenvalue weighted by Crippen LogP contribution is -2.26. The first-order valence-corrected chi connectivity index (χ1v) is 11.9. The standard InChI is InChI=1S/C27H31N3S/c1-17-7-10-22(11-8-17)30-18(2)13-20(19(30)3)16-29-26-24(15-28)23-12-9-21(27(4,5)6)14-25(23)31-26/h7-8,10-11,13,16,21H,9,12,14H2,1-6H3/t21-/m1/s1. The summed E-state index contributed by atoms with van der Waals surface area (Å²) in [7, 11) is 0. The van der Waals surface area contributed by atoms with Crippen molar-refractivity contribution in [2.75, 3.05) is 0 Å². The van der Waals surface area contributed by atoms with Crippen LogP contribution < -0.4 is 0 Å². The monoisotopic (exact) mass is 429 g/mol. The van der Waals surface area contributed by atoms with E-state index in [4.69, 9.17) is 4.99 Å². The first-order valence-electron chi connectivity index (χ1n) is 11.0. The average Bonchev–Trinajstić information content (AvgIpc) is 3.22. The van der Waals surface area contributed by atoms with Crippen LogP contribution in [0.5, 0.6) is 0 Å². The molecular formula is C27H31N3S. The minimum absolute atomic E-state index is 0.297. The van der Waals surface area contributed by atoms with Crippen LogP contribution in [0.4, 0.5) is 5.00 Å². The molecule has 1 aliphatic carbocycles. The Morgan fingerprint density at radius 2 is 1.87 bits per heavy atom. The van der Waals surface area contributed by atoms with Gasteiger partial charge in [0.15, 0.2) is 0 Å². The largest absolute Gasteiger partial charge is 0.318 e. The van der Waals surface area contributed by atoms with Crippen molar-refractivity contribution < 1.29 is 0 Å². The molecule has 0 radical (unpaired) electrons. The molecule has 160 valence electrons. The summed E-state index contributed by atoms with van der Waals surface area (Å²) in [4.78, 5) is 6.18. The Labute approximate surface area is 190 Å². The normalized spacial score (nSPS) is 16.5. The van der Waals surface area contributed by atoms with Crippen LogP contribution in [0.15, 0.2) is 35.3 Å². The zero-order valence-corrected chi connectivity index (χ0v) is 20.2. The molecule has 0 spiro atoms. The molecule has 0 saturated carbocycles. The zero-order valence-electron chi connectivity index (χ0n) is 19.4. The highest BCUT2D eigenvalue weighted by Gasteiger charge is 2.32. The fourth-order valence-corrected chi connectivity index (χ4v) is 5.88. The van der Waals surface area contributed by atoms with Gasteiger partial charge in [0, 0.05) is 33.7 Å². The molecule has 0 aliphatic heterocycles. The summed E-state index contributed by atoms with van der Waals surface area (Å²) < 4.78 is 2.26. The van der Waals surface area contributed by atoms with Crippen molar-refractivity contribution in [3.8, 4) is 11.8 Å². The molecule has 4 heteroatoms. The Bertz CT molecular complexity index is 1180. The molecule has 2 aromatic heterocycles. The molecule has 1 aromatic carbocycles. The summed E-state index contributed by atoms with van der Waals surface area (Å²) in [5.41, 5.74) is 8.19. The Balaban J connectivity index is 1.66. The number of thiophene rings is 1. The van der Waals surface area contributed by atoms with Gasteiger partial charge < -0.3 is 4.57 Å². The van der Waals surface area contributed by atoms with E-state index in [0.717, 1.165) is 46.8 Å². The number of fused-ring (bicyclic) bond motifs is 1. The molecule has 3 aromatic rings. The summed E-state index contributed by atoms with van der Waals surface area (Å²) in [5, 5.41) is 10.7. The van der Waals surface area contributed by atoms with E-state index in [1.165, 1.54) is 21.7 Å². The van der Waals surface area contributed by atoms with E-state index in [1.54, 1.807) is 11.3 Å². The molecular weight excluding hydrogens is 398 g/mol. The fraction of sp³-hybridized carbons (Fsp3) is 0.407. The highest BCUT2D eigenvalue weighted by Crippen LogP contribution is 2.44. The van der Waals surface area contributed by atoms with Gasteiger partial charge in [-0.2, -0.15) is 5.26 Å². The maximum Gasteiger partial charge on any atom is 0.134 e. The molecule has 0 amide bonds. The first-order chi connectivity index (χ1) is 14.7. The molecule has 4 rings (SSSR count). The van der Waals surface area contributed by atoms with Crippen molar-refractivity contribution in [3.05, 3.63) is 68.9 Å². The van der Waals surface area contributed by atoms with Crippen molar-refractivity contribution >= 4 is 22.6 Å². The molecule has 0 fully saturated rings. The number of aryl methyl sites for hydroxylation is 2. The number of aliphatic imine (C=N–C) groups is 1. The van der Waals surface area contributed by atoms with Crippen molar-refractivity contribution in [3.63, 3.8) is 0 Å². The number of hydrogen-bond donors (Lipinski definition) is 0. The van der Waals surface area contributed by atoms with E-state index in [0.29, 0.717) is 11.3 Å². The van der Waals surface area contributed by atoms with Crippen LogP contribution in [0.1, 0.15) is 65.7 Å². The number of rotatable bonds is 3. The van der Waals surface area contributed by atoms with Crippen molar-refractivity contribution in [2.24, 2.45) is 16.3 Å². The van der Waals surface area contributed by atoms with Gasteiger partial charge in [0.25, 0.3) is 0 Å². The molecule has 1 atom stereocenters. The Morgan fingerprint density at radius 3 is 2.52 bits per heavy atom. The van der Waals surface area contributed by atoms with Crippen LogP contribution in [0, 0.1) is 43.4 Å². The van der Waals surface area contributed by atoms with E-state index in [2.05, 4.69) is 82.5 Å². The van der Waals surface area contributed by atoms with Gasteiger partial charge in [0.2, 0.25) is 0 Å².